The van der Waals surface area contributed by atoms with Crippen LogP contribution in [0.15, 0.2) is 9.59 Å². The van der Waals surface area contributed by atoms with Gasteiger partial charge in [-0.3, -0.25) is 13.9 Å². The Morgan fingerprint density at radius 1 is 1.25 bits per heavy atom. The number of aromatic nitrogens is 4. The summed E-state index contributed by atoms with van der Waals surface area (Å²) in [6.07, 6.45) is 1.48. The summed E-state index contributed by atoms with van der Waals surface area (Å²) in [6.45, 7) is 5.52. The van der Waals surface area contributed by atoms with Gasteiger partial charge in [-0.25, -0.2) is 9.78 Å². The van der Waals surface area contributed by atoms with Crippen LogP contribution in [0.1, 0.15) is 38.6 Å². The minimum absolute atomic E-state index is 0.0633. The first-order valence-electron chi connectivity index (χ1n) is 7.02. The van der Waals surface area contributed by atoms with Gasteiger partial charge < -0.3 is 9.72 Å². The average Bonchev–Trinajstić information content (AvgIpc) is 3.19. The van der Waals surface area contributed by atoms with E-state index in [4.69, 9.17) is 4.74 Å². The summed E-state index contributed by atoms with van der Waals surface area (Å²) in [6, 6.07) is 0. The van der Waals surface area contributed by atoms with E-state index in [1.165, 1.54) is 4.57 Å². The Labute approximate surface area is 115 Å². The summed E-state index contributed by atoms with van der Waals surface area (Å²) in [5.41, 5.74) is 0.274. The third kappa shape index (κ3) is 1.98. The van der Waals surface area contributed by atoms with Crippen molar-refractivity contribution in [2.75, 3.05) is 6.61 Å². The molecular weight excluding hydrogens is 260 g/mol. The first kappa shape index (κ1) is 13.1. The summed E-state index contributed by atoms with van der Waals surface area (Å²) >= 11 is 0. The average molecular weight is 278 g/mol. The van der Waals surface area contributed by atoms with E-state index in [-0.39, 0.29) is 17.4 Å². The van der Waals surface area contributed by atoms with Crippen LogP contribution in [0, 0.1) is 0 Å². The zero-order chi connectivity index (χ0) is 14.3. The van der Waals surface area contributed by atoms with Crippen LogP contribution in [0.25, 0.3) is 11.2 Å². The van der Waals surface area contributed by atoms with Crippen LogP contribution < -0.4 is 11.2 Å². The van der Waals surface area contributed by atoms with Crippen LogP contribution in [-0.2, 0) is 17.8 Å². The number of nitrogens with one attached hydrogen (secondary N) is 1. The minimum Gasteiger partial charge on any atom is -0.365 e. The Morgan fingerprint density at radius 2 is 1.90 bits per heavy atom. The largest absolute Gasteiger partial charge is 0.365 e. The lowest BCUT2D eigenvalue weighted by Gasteiger charge is -2.09. The lowest BCUT2D eigenvalue weighted by atomic mass is 10.4. The SMILES string of the molecule is CCCn1c(=O)c2[nH]c(C3CO3)nc2n(CCC)c1=O. The summed E-state index contributed by atoms with van der Waals surface area (Å²) in [4.78, 5) is 32.2. The van der Waals surface area contributed by atoms with Gasteiger partial charge in [0.25, 0.3) is 5.56 Å². The summed E-state index contributed by atoms with van der Waals surface area (Å²) in [5, 5.41) is 0. The number of rotatable bonds is 5. The molecule has 1 fully saturated rings. The van der Waals surface area contributed by atoms with Crippen molar-refractivity contribution in [2.24, 2.45) is 0 Å². The van der Waals surface area contributed by atoms with Gasteiger partial charge in [-0.05, 0) is 12.8 Å². The first-order valence-corrected chi connectivity index (χ1v) is 7.02. The van der Waals surface area contributed by atoms with E-state index in [0.29, 0.717) is 36.7 Å². The molecule has 3 heterocycles. The predicted octanol–water partition coefficient (Wildman–Crippen LogP) is 0.778. The number of H-pyrrole nitrogens is 1. The number of imidazole rings is 1. The van der Waals surface area contributed by atoms with Crippen molar-refractivity contribution < 1.29 is 4.74 Å². The van der Waals surface area contributed by atoms with E-state index < -0.39 is 0 Å². The van der Waals surface area contributed by atoms with Crippen molar-refractivity contribution >= 4 is 11.2 Å². The third-order valence-corrected chi connectivity index (χ3v) is 3.41. The predicted molar refractivity (Wildman–Crippen MR) is 73.9 cm³/mol. The maximum Gasteiger partial charge on any atom is 0.332 e. The summed E-state index contributed by atoms with van der Waals surface area (Å²) in [7, 11) is 0. The third-order valence-electron chi connectivity index (χ3n) is 3.41. The van der Waals surface area contributed by atoms with Gasteiger partial charge in [0.15, 0.2) is 5.65 Å². The lowest BCUT2D eigenvalue weighted by Crippen LogP contribution is -2.40. The molecular formula is C13H18N4O3. The van der Waals surface area contributed by atoms with Gasteiger partial charge in [0.2, 0.25) is 0 Å². The van der Waals surface area contributed by atoms with Gasteiger partial charge in [0.05, 0.1) is 6.61 Å². The Balaban J connectivity index is 2.30. The normalized spacial score (nSPS) is 17.8. The molecule has 7 heteroatoms. The second-order valence-corrected chi connectivity index (χ2v) is 5.03. The van der Waals surface area contributed by atoms with Crippen molar-refractivity contribution in [3.05, 3.63) is 26.7 Å². The number of hydrogen-bond donors (Lipinski definition) is 1. The first-order chi connectivity index (χ1) is 9.67. The summed E-state index contributed by atoms with van der Waals surface area (Å²) in [5.74, 6) is 0.635. The fraction of sp³-hybridized carbons (Fsp3) is 0.615. The van der Waals surface area contributed by atoms with Gasteiger partial charge in [-0.2, -0.15) is 0 Å². The van der Waals surface area contributed by atoms with Gasteiger partial charge in [0.1, 0.15) is 17.4 Å². The molecule has 7 nitrogen and oxygen atoms in total. The maximum absolute atomic E-state index is 12.4. The molecule has 2 aromatic rings. The number of aryl methyl sites for hydroxylation is 1. The number of epoxide rings is 1. The molecule has 0 amide bonds. The Bertz CT molecular complexity index is 751. The molecule has 3 rings (SSSR count). The van der Waals surface area contributed by atoms with Crippen molar-refractivity contribution in [1.82, 2.24) is 19.1 Å². The zero-order valence-corrected chi connectivity index (χ0v) is 11.7. The van der Waals surface area contributed by atoms with Gasteiger partial charge in [0, 0.05) is 13.1 Å². The molecule has 1 aliphatic heterocycles. The molecule has 1 saturated heterocycles. The minimum atomic E-state index is -0.293. The van der Waals surface area contributed by atoms with E-state index in [1.807, 2.05) is 13.8 Å². The molecule has 0 aliphatic carbocycles. The van der Waals surface area contributed by atoms with E-state index in [0.717, 1.165) is 12.8 Å². The molecule has 0 bridgehead atoms. The van der Waals surface area contributed by atoms with Crippen LogP contribution in [0.5, 0.6) is 0 Å². The maximum atomic E-state index is 12.4. The number of nitrogens with zero attached hydrogens (tertiary/aromatic N) is 3. The van der Waals surface area contributed by atoms with Crippen molar-refractivity contribution in [3.63, 3.8) is 0 Å². The van der Waals surface area contributed by atoms with Crippen molar-refractivity contribution in [1.29, 1.82) is 0 Å². The second kappa shape index (κ2) is 4.90. The highest BCUT2D eigenvalue weighted by molar-refractivity contribution is 5.70. The molecule has 0 spiro atoms. The molecule has 0 radical (unpaired) electrons. The van der Waals surface area contributed by atoms with Crippen LogP contribution in [0.3, 0.4) is 0 Å². The molecule has 1 unspecified atom stereocenters. The standard InChI is InChI=1S/C13H18N4O3/c1-3-5-16-11-9(14-10(15-11)8-7-20-8)12(18)17(6-4-2)13(16)19/h8H,3-7H2,1-2H3,(H,14,15). The topological polar surface area (TPSA) is 85.2 Å². The molecule has 108 valence electrons. The van der Waals surface area contributed by atoms with E-state index >= 15 is 0 Å². The fourth-order valence-corrected chi connectivity index (χ4v) is 2.39. The Hall–Kier alpha value is -1.89. The summed E-state index contributed by atoms with van der Waals surface area (Å²) < 4.78 is 8.05. The zero-order valence-electron chi connectivity index (χ0n) is 11.7. The highest BCUT2D eigenvalue weighted by Crippen LogP contribution is 2.27. The highest BCUT2D eigenvalue weighted by Gasteiger charge is 2.29. The van der Waals surface area contributed by atoms with Crippen LogP contribution >= 0.6 is 0 Å². The monoisotopic (exact) mass is 278 g/mol. The number of ether oxygens (including phenoxy) is 1. The van der Waals surface area contributed by atoms with Crippen LogP contribution in [0.2, 0.25) is 0 Å². The van der Waals surface area contributed by atoms with E-state index in [1.54, 1.807) is 4.57 Å². The number of hydrogen-bond acceptors (Lipinski definition) is 4. The van der Waals surface area contributed by atoms with Crippen LogP contribution in [0.4, 0.5) is 0 Å². The molecule has 0 aromatic carbocycles. The highest BCUT2D eigenvalue weighted by atomic mass is 16.6. The molecule has 2 aromatic heterocycles. The van der Waals surface area contributed by atoms with E-state index in [9.17, 15) is 9.59 Å². The molecule has 0 saturated carbocycles. The number of aromatic amines is 1. The van der Waals surface area contributed by atoms with Gasteiger partial charge >= 0.3 is 5.69 Å². The molecule has 1 aliphatic rings. The Kier molecular flexibility index (Phi) is 3.21. The molecule has 20 heavy (non-hydrogen) atoms. The second-order valence-electron chi connectivity index (χ2n) is 5.03. The van der Waals surface area contributed by atoms with Crippen LogP contribution in [-0.4, -0.2) is 25.7 Å². The van der Waals surface area contributed by atoms with Gasteiger partial charge in [-0.1, -0.05) is 13.8 Å². The fourth-order valence-electron chi connectivity index (χ4n) is 2.39. The van der Waals surface area contributed by atoms with Gasteiger partial charge in [-0.15, -0.1) is 0 Å². The lowest BCUT2D eigenvalue weighted by molar-refractivity contribution is 0.408. The smallest absolute Gasteiger partial charge is 0.332 e. The van der Waals surface area contributed by atoms with Crippen molar-refractivity contribution in [3.8, 4) is 0 Å². The molecule has 1 N–H and O–H groups in total. The Morgan fingerprint density at radius 3 is 2.50 bits per heavy atom. The number of fused-ring (bicyclic) bond motifs is 1. The molecule has 1 atom stereocenters. The quantitative estimate of drug-likeness (QED) is 0.819. The van der Waals surface area contributed by atoms with Crippen molar-refractivity contribution in [2.45, 2.75) is 45.9 Å². The van der Waals surface area contributed by atoms with E-state index in [2.05, 4.69) is 9.97 Å².